The number of carboxylic acid groups (broad SMARTS) is 1. The van der Waals surface area contributed by atoms with Crippen LogP contribution in [-0.2, 0) is 13.1 Å². The quantitative estimate of drug-likeness (QED) is 0.808. The van der Waals surface area contributed by atoms with Crippen LogP contribution in [0.3, 0.4) is 0 Å². The molecule has 0 aromatic carbocycles. The second-order valence-electron chi connectivity index (χ2n) is 3.40. The zero-order chi connectivity index (χ0) is 12.4. The molecule has 0 saturated heterocycles. The number of nitrogens with two attached hydrogens (primary N) is 1. The van der Waals surface area contributed by atoms with Gasteiger partial charge in [-0.3, -0.25) is 0 Å². The molecule has 0 aliphatic rings. The highest BCUT2D eigenvalue weighted by Crippen LogP contribution is 2.14. The van der Waals surface area contributed by atoms with Crippen LogP contribution in [0.25, 0.3) is 0 Å². The van der Waals surface area contributed by atoms with Crippen LogP contribution in [0.4, 0.5) is 0 Å². The molecule has 2 aromatic rings. The molecule has 90 valence electrons. The molecule has 2 aromatic heterocycles. The number of carbonyl (C=O) groups is 1. The van der Waals surface area contributed by atoms with Gasteiger partial charge in [-0.05, 0) is 6.92 Å². The maximum Gasteiger partial charge on any atom is 0.358 e. The fourth-order valence-corrected chi connectivity index (χ4v) is 2.23. The maximum absolute atomic E-state index is 10.9. The molecular weight excluding hydrogens is 242 g/mol. The van der Waals surface area contributed by atoms with Crippen molar-refractivity contribution in [3.8, 4) is 0 Å². The lowest BCUT2D eigenvalue weighted by atomic mass is 10.3. The van der Waals surface area contributed by atoms with E-state index in [-0.39, 0.29) is 12.2 Å². The largest absolute Gasteiger partial charge is 0.476 e. The fourth-order valence-electron chi connectivity index (χ4n) is 1.45. The van der Waals surface area contributed by atoms with Crippen molar-refractivity contribution < 1.29 is 9.90 Å². The molecule has 0 unspecified atom stereocenters. The van der Waals surface area contributed by atoms with Gasteiger partial charge in [-0.1, -0.05) is 5.21 Å². The number of rotatable bonds is 4. The lowest BCUT2D eigenvalue weighted by Gasteiger charge is -2.02. The number of thiazole rings is 1. The molecule has 7 nitrogen and oxygen atoms in total. The Labute approximate surface area is 101 Å². The molecule has 0 atom stereocenters. The third kappa shape index (κ3) is 2.32. The molecule has 0 spiro atoms. The molecule has 3 N–H and O–H groups in total. The van der Waals surface area contributed by atoms with Gasteiger partial charge < -0.3 is 10.8 Å². The van der Waals surface area contributed by atoms with Gasteiger partial charge in [0.15, 0.2) is 5.69 Å². The smallest absolute Gasteiger partial charge is 0.358 e. The van der Waals surface area contributed by atoms with Crippen molar-refractivity contribution >= 4 is 17.3 Å². The summed E-state index contributed by atoms with van der Waals surface area (Å²) in [5.74, 6) is -1.11. The first-order chi connectivity index (χ1) is 8.11. The minimum Gasteiger partial charge on any atom is -0.476 e. The minimum absolute atomic E-state index is 0.0891. The highest BCUT2D eigenvalue weighted by molar-refractivity contribution is 7.11. The molecule has 0 radical (unpaired) electrons. The maximum atomic E-state index is 10.9. The number of carboxylic acids is 1. The molecule has 8 heteroatoms. The van der Waals surface area contributed by atoms with Crippen LogP contribution in [0.15, 0.2) is 6.20 Å². The van der Waals surface area contributed by atoms with E-state index in [1.807, 2.05) is 6.92 Å². The molecular formula is C9H11N5O2S. The first kappa shape index (κ1) is 11.7. The zero-order valence-corrected chi connectivity index (χ0v) is 9.94. The standard InChI is InChI=1S/C9H11N5O2S/c1-5-11-3-6(17-5)4-14-7(2-10)8(9(15)16)12-13-14/h3H,2,4,10H2,1H3,(H,15,16). The van der Waals surface area contributed by atoms with Crippen LogP contribution in [0.5, 0.6) is 0 Å². The Hall–Kier alpha value is -1.80. The Morgan fingerprint density at radius 3 is 2.94 bits per heavy atom. The molecule has 0 saturated carbocycles. The van der Waals surface area contributed by atoms with Crippen LogP contribution in [0.2, 0.25) is 0 Å². The Balaban J connectivity index is 2.30. The minimum atomic E-state index is -1.11. The average molecular weight is 253 g/mol. The highest BCUT2D eigenvalue weighted by atomic mass is 32.1. The van der Waals surface area contributed by atoms with Crippen molar-refractivity contribution in [2.45, 2.75) is 20.0 Å². The number of aromatic carboxylic acids is 1. The van der Waals surface area contributed by atoms with Crippen LogP contribution in [0, 0.1) is 6.92 Å². The number of hydrogen-bond donors (Lipinski definition) is 2. The molecule has 17 heavy (non-hydrogen) atoms. The summed E-state index contributed by atoms with van der Waals surface area (Å²) in [5.41, 5.74) is 5.85. The molecule has 2 heterocycles. The Morgan fingerprint density at radius 2 is 2.41 bits per heavy atom. The first-order valence-corrected chi connectivity index (χ1v) is 5.70. The lowest BCUT2D eigenvalue weighted by molar-refractivity contribution is 0.0689. The number of aromatic nitrogens is 4. The van der Waals surface area contributed by atoms with Gasteiger partial charge >= 0.3 is 5.97 Å². The lowest BCUT2D eigenvalue weighted by Crippen LogP contribution is -2.12. The number of nitrogens with zero attached hydrogens (tertiary/aromatic N) is 4. The summed E-state index contributed by atoms with van der Waals surface area (Å²) in [7, 11) is 0. The third-order valence-electron chi connectivity index (χ3n) is 2.21. The Kier molecular flexibility index (Phi) is 3.16. The first-order valence-electron chi connectivity index (χ1n) is 4.89. The van der Waals surface area contributed by atoms with Gasteiger partial charge in [0, 0.05) is 17.6 Å². The van der Waals surface area contributed by atoms with Crippen molar-refractivity contribution in [2.75, 3.05) is 0 Å². The van der Waals surface area contributed by atoms with E-state index in [2.05, 4.69) is 15.3 Å². The van der Waals surface area contributed by atoms with Gasteiger partial charge in [-0.25, -0.2) is 14.5 Å². The van der Waals surface area contributed by atoms with Gasteiger partial charge in [0.2, 0.25) is 0 Å². The summed E-state index contributed by atoms with van der Waals surface area (Å²) in [4.78, 5) is 16.0. The van der Waals surface area contributed by atoms with Gasteiger partial charge in [-0.15, -0.1) is 16.4 Å². The van der Waals surface area contributed by atoms with Crippen molar-refractivity contribution in [3.63, 3.8) is 0 Å². The number of aryl methyl sites for hydroxylation is 1. The molecule has 0 amide bonds. The third-order valence-corrected chi connectivity index (χ3v) is 3.11. The van der Waals surface area contributed by atoms with Crippen LogP contribution in [-0.4, -0.2) is 31.1 Å². The van der Waals surface area contributed by atoms with E-state index in [0.717, 1.165) is 9.88 Å². The van der Waals surface area contributed by atoms with Crippen LogP contribution in [0.1, 0.15) is 26.1 Å². The van der Waals surface area contributed by atoms with E-state index in [9.17, 15) is 4.79 Å². The van der Waals surface area contributed by atoms with Crippen molar-refractivity contribution in [2.24, 2.45) is 5.73 Å². The van der Waals surface area contributed by atoms with Gasteiger partial charge in [0.25, 0.3) is 0 Å². The van der Waals surface area contributed by atoms with E-state index < -0.39 is 5.97 Å². The zero-order valence-electron chi connectivity index (χ0n) is 9.12. The predicted molar refractivity (Wildman–Crippen MR) is 60.8 cm³/mol. The summed E-state index contributed by atoms with van der Waals surface area (Å²) in [6, 6.07) is 0. The van der Waals surface area contributed by atoms with Gasteiger partial charge in [0.05, 0.1) is 17.2 Å². The summed E-state index contributed by atoms with van der Waals surface area (Å²) >= 11 is 1.53. The average Bonchev–Trinajstić information content (AvgIpc) is 2.85. The Morgan fingerprint density at radius 1 is 1.65 bits per heavy atom. The van der Waals surface area contributed by atoms with E-state index in [0.29, 0.717) is 12.2 Å². The number of hydrogen-bond acceptors (Lipinski definition) is 6. The van der Waals surface area contributed by atoms with Crippen LogP contribution < -0.4 is 5.73 Å². The monoisotopic (exact) mass is 253 g/mol. The van der Waals surface area contributed by atoms with Crippen molar-refractivity contribution in [3.05, 3.63) is 27.5 Å². The summed E-state index contributed by atoms with van der Waals surface area (Å²) < 4.78 is 1.50. The van der Waals surface area contributed by atoms with E-state index in [1.54, 1.807) is 6.20 Å². The summed E-state index contributed by atoms with van der Waals surface area (Å²) in [6.07, 6.45) is 1.74. The van der Waals surface area contributed by atoms with Crippen molar-refractivity contribution in [1.82, 2.24) is 20.0 Å². The molecule has 2 rings (SSSR count). The highest BCUT2D eigenvalue weighted by Gasteiger charge is 2.17. The summed E-state index contributed by atoms with van der Waals surface area (Å²) in [6.45, 7) is 2.44. The topological polar surface area (TPSA) is 107 Å². The predicted octanol–water partition coefficient (Wildman–Crippen LogP) is 0.248. The molecule has 0 aliphatic carbocycles. The molecule has 0 aliphatic heterocycles. The molecule has 0 fully saturated rings. The van der Waals surface area contributed by atoms with Crippen molar-refractivity contribution in [1.29, 1.82) is 0 Å². The Bertz CT molecular complexity index is 547. The van der Waals surface area contributed by atoms with E-state index in [4.69, 9.17) is 10.8 Å². The summed E-state index contributed by atoms with van der Waals surface area (Å²) in [5, 5.41) is 17.3. The normalized spacial score (nSPS) is 10.7. The van der Waals surface area contributed by atoms with E-state index >= 15 is 0 Å². The molecule has 0 bridgehead atoms. The van der Waals surface area contributed by atoms with Gasteiger partial charge in [-0.2, -0.15) is 0 Å². The van der Waals surface area contributed by atoms with E-state index in [1.165, 1.54) is 16.0 Å². The van der Waals surface area contributed by atoms with Gasteiger partial charge in [0.1, 0.15) is 0 Å². The SMILES string of the molecule is Cc1ncc(Cn2nnc(C(=O)O)c2CN)s1. The second-order valence-corrected chi connectivity index (χ2v) is 4.72. The second kappa shape index (κ2) is 4.60. The fraction of sp³-hybridized carbons (Fsp3) is 0.333. The van der Waals surface area contributed by atoms with Crippen LogP contribution >= 0.6 is 11.3 Å².